The van der Waals surface area contributed by atoms with E-state index in [0.29, 0.717) is 42.2 Å². The number of pyridine rings is 2. The molecule has 0 saturated heterocycles. The maximum absolute atomic E-state index is 14.2. The molecule has 1 N–H and O–H groups in total. The minimum Gasteiger partial charge on any atom is -0.478 e. The zero-order valence-corrected chi connectivity index (χ0v) is 21.5. The van der Waals surface area contributed by atoms with Gasteiger partial charge in [-0.1, -0.05) is 12.1 Å². The minimum absolute atomic E-state index is 0.0246. The van der Waals surface area contributed by atoms with Crippen molar-refractivity contribution >= 4 is 17.0 Å². The molecule has 5 rings (SSSR count). The second-order valence-corrected chi connectivity index (χ2v) is 8.96. The van der Waals surface area contributed by atoms with Crippen LogP contribution in [0.4, 0.5) is 4.39 Å². The van der Waals surface area contributed by atoms with Crippen molar-refractivity contribution in [2.75, 3.05) is 13.7 Å². The zero-order valence-electron chi connectivity index (χ0n) is 21.5. The molecule has 0 spiro atoms. The second kappa shape index (κ2) is 11.7. The van der Waals surface area contributed by atoms with Crippen LogP contribution < -0.4 is 4.74 Å². The summed E-state index contributed by atoms with van der Waals surface area (Å²) >= 11 is 0. The molecule has 5 aromatic rings. The first-order valence-corrected chi connectivity index (χ1v) is 12.4. The van der Waals surface area contributed by atoms with Crippen molar-refractivity contribution in [2.24, 2.45) is 0 Å². The lowest BCUT2D eigenvalue weighted by molar-refractivity contribution is 0.0697. The largest absolute Gasteiger partial charge is 0.478 e. The Hall–Kier alpha value is -5.14. The fourth-order valence-corrected chi connectivity index (χ4v) is 4.26. The number of carbonyl (C=O) groups is 1. The van der Waals surface area contributed by atoms with E-state index < -0.39 is 11.8 Å². The van der Waals surface area contributed by atoms with E-state index >= 15 is 0 Å². The summed E-state index contributed by atoms with van der Waals surface area (Å²) in [6, 6.07) is 20.1. The number of hydrogen-bond donors (Lipinski definition) is 1. The van der Waals surface area contributed by atoms with Crippen molar-refractivity contribution in [3.8, 4) is 23.2 Å². The second-order valence-electron chi connectivity index (χ2n) is 8.96. The van der Waals surface area contributed by atoms with E-state index in [-0.39, 0.29) is 17.7 Å². The van der Waals surface area contributed by atoms with Gasteiger partial charge in [0.05, 0.1) is 40.5 Å². The molecule has 40 heavy (non-hydrogen) atoms. The molecule has 10 heteroatoms. The van der Waals surface area contributed by atoms with Crippen LogP contribution in [-0.4, -0.2) is 44.3 Å². The lowest BCUT2D eigenvalue weighted by Crippen LogP contribution is -2.09. The van der Waals surface area contributed by atoms with E-state index in [1.807, 2.05) is 28.8 Å². The molecule has 3 aromatic heterocycles. The summed E-state index contributed by atoms with van der Waals surface area (Å²) < 4.78 is 27.1. The average Bonchev–Trinajstić information content (AvgIpc) is 3.31. The number of ether oxygens (including phenoxy) is 2. The molecule has 0 aliphatic rings. The highest BCUT2D eigenvalue weighted by molar-refractivity contribution is 5.92. The van der Waals surface area contributed by atoms with Crippen LogP contribution >= 0.6 is 0 Å². The molecule has 200 valence electrons. The number of rotatable bonds is 10. The van der Waals surface area contributed by atoms with Gasteiger partial charge in [-0.15, -0.1) is 0 Å². The predicted octanol–water partition coefficient (Wildman–Crippen LogP) is 5.02. The number of methoxy groups -OCH3 is 1. The molecule has 0 aliphatic carbocycles. The Balaban J connectivity index is 1.33. The van der Waals surface area contributed by atoms with Crippen molar-refractivity contribution in [3.63, 3.8) is 0 Å². The molecular weight excluding hydrogens is 513 g/mol. The SMILES string of the molecule is COCCn1c(Cc2ccc(-c3cccc(OCc4ccc(C#N)cc4F)n3)cn2)nc2ccc(C(=O)O)cc21. The summed E-state index contributed by atoms with van der Waals surface area (Å²) in [6.07, 6.45) is 2.15. The number of benzene rings is 2. The van der Waals surface area contributed by atoms with Crippen molar-refractivity contribution in [1.29, 1.82) is 5.26 Å². The number of imidazole rings is 1. The lowest BCUT2D eigenvalue weighted by atomic mass is 10.1. The third kappa shape index (κ3) is 5.80. The summed E-state index contributed by atoms with van der Waals surface area (Å²) in [5, 5.41) is 18.3. The first-order chi connectivity index (χ1) is 19.4. The third-order valence-corrected chi connectivity index (χ3v) is 6.33. The molecule has 0 bridgehead atoms. The van der Waals surface area contributed by atoms with Gasteiger partial charge in [-0.3, -0.25) is 4.98 Å². The van der Waals surface area contributed by atoms with Gasteiger partial charge in [0.15, 0.2) is 0 Å². The first kappa shape index (κ1) is 26.5. The van der Waals surface area contributed by atoms with E-state index in [2.05, 4.69) is 9.97 Å². The van der Waals surface area contributed by atoms with Gasteiger partial charge in [0, 0.05) is 49.2 Å². The number of aromatic carboxylic acids is 1. The summed E-state index contributed by atoms with van der Waals surface area (Å²) in [5.74, 6) is -0.422. The third-order valence-electron chi connectivity index (χ3n) is 6.33. The zero-order chi connectivity index (χ0) is 28.1. The average molecular weight is 538 g/mol. The van der Waals surface area contributed by atoms with E-state index in [9.17, 15) is 14.3 Å². The Morgan fingerprint density at radius 1 is 1.10 bits per heavy atom. The van der Waals surface area contributed by atoms with Crippen LogP contribution in [-0.2, 0) is 24.3 Å². The highest BCUT2D eigenvalue weighted by Crippen LogP contribution is 2.23. The van der Waals surface area contributed by atoms with E-state index in [4.69, 9.17) is 19.7 Å². The minimum atomic E-state index is -0.996. The van der Waals surface area contributed by atoms with E-state index in [0.717, 1.165) is 22.6 Å². The molecule has 3 heterocycles. The highest BCUT2D eigenvalue weighted by Gasteiger charge is 2.15. The number of carboxylic acids is 1. The molecule has 0 saturated carbocycles. The maximum atomic E-state index is 14.2. The number of hydrogen-bond acceptors (Lipinski definition) is 7. The van der Waals surface area contributed by atoms with E-state index in [1.165, 1.54) is 12.1 Å². The number of halogens is 1. The smallest absolute Gasteiger partial charge is 0.335 e. The van der Waals surface area contributed by atoms with Gasteiger partial charge in [-0.25, -0.2) is 19.2 Å². The lowest BCUT2D eigenvalue weighted by Gasteiger charge is -2.10. The highest BCUT2D eigenvalue weighted by atomic mass is 19.1. The fourth-order valence-electron chi connectivity index (χ4n) is 4.26. The van der Waals surface area contributed by atoms with Gasteiger partial charge in [0.2, 0.25) is 5.88 Å². The Kier molecular flexibility index (Phi) is 7.75. The van der Waals surface area contributed by atoms with Crippen molar-refractivity contribution < 1.29 is 23.8 Å². The summed E-state index contributed by atoms with van der Waals surface area (Å²) in [7, 11) is 1.61. The van der Waals surface area contributed by atoms with Gasteiger partial charge in [0.25, 0.3) is 0 Å². The van der Waals surface area contributed by atoms with Gasteiger partial charge in [-0.05, 0) is 48.5 Å². The van der Waals surface area contributed by atoms with Crippen LogP contribution in [0.15, 0.2) is 72.9 Å². The molecule has 0 atom stereocenters. The van der Waals surface area contributed by atoms with Gasteiger partial charge in [0.1, 0.15) is 18.2 Å². The standard InChI is InChI=1S/C30H24FN5O4/c1-39-12-11-36-27-14-20(30(37)38)8-10-26(27)34-28(36)15-23-9-7-21(17-33-23)25-3-2-4-29(35-25)40-18-22-6-5-19(16-32)13-24(22)31/h2-10,13-14,17H,11-12,15,18H2,1H3,(H,37,38). The number of nitrogens with zero attached hydrogens (tertiary/aromatic N) is 5. The Morgan fingerprint density at radius 3 is 2.70 bits per heavy atom. The van der Waals surface area contributed by atoms with Crippen LogP contribution in [0, 0.1) is 17.1 Å². The van der Waals surface area contributed by atoms with Crippen LogP contribution in [0.1, 0.15) is 33.0 Å². The quantitative estimate of drug-likeness (QED) is 0.264. The molecule has 0 amide bonds. The number of carboxylic acid groups (broad SMARTS) is 1. The monoisotopic (exact) mass is 537 g/mol. The number of fused-ring (bicyclic) bond motifs is 1. The molecule has 9 nitrogen and oxygen atoms in total. The molecule has 0 fully saturated rings. The topological polar surface area (TPSA) is 123 Å². The fraction of sp³-hybridized carbons (Fsp3) is 0.167. The molecular formula is C30H24FN5O4. The van der Waals surface area contributed by atoms with Gasteiger partial charge in [-0.2, -0.15) is 5.26 Å². The summed E-state index contributed by atoms with van der Waals surface area (Å²) in [5.41, 5.74) is 4.40. The Labute approximate surface area is 229 Å². The van der Waals surface area contributed by atoms with Crippen molar-refractivity contribution in [2.45, 2.75) is 19.6 Å². The van der Waals surface area contributed by atoms with Crippen molar-refractivity contribution in [1.82, 2.24) is 19.5 Å². The van der Waals surface area contributed by atoms with Crippen LogP contribution in [0.3, 0.4) is 0 Å². The number of nitriles is 1. The van der Waals surface area contributed by atoms with Crippen LogP contribution in [0.5, 0.6) is 5.88 Å². The predicted molar refractivity (Wildman–Crippen MR) is 144 cm³/mol. The maximum Gasteiger partial charge on any atom is 0.335 e. The normalized spacial score (nSPS) is 10.9. The Bertz CT molecular complexity index is 1730. The van der Waals surface area contributed by atoms with Crippen molar-refractivity contribution in [3.05, 3.63) is 107 Å². The molecule has 0 aliphatic heterocycles. The van der Waals surface area contributed by atoms with E-state index in [1.54, 1.807) is 49.7 Å². The van der Waals surface area contributed by atoms with Crippen LogP contribution in [0.25, 0.3) is 22.3 Å². The number of aromatic nitrogens is 4. The molecule has 0 unspecified atom stereocenters. The summed E-state index contributed by atoms with van der Waals surface area (Å²) in [4.78, 5) is 25.3. The summed E-state index contributed by atoms with van der Waals surface area (Å²) in [6.45, 7) is 0.944. The van der Waals surface area contributed by atoms with Gasteiger partial charge >= 0.3 is 5.97 Å². The van der Waals surface area contributed by atoms with Gasteiger partial charge < -0.3 is 19.1 Å². The first-order valence-electron chi connectivity index (χ1n) is 12.4. The van der Waals surface area contributed by atoms with Crippen LogP contribution in [0.2, 0.25) is 0 Å². The molecule has 2 aromatic carbocycles. The molecule has 0 radical (unpaired) electrons. The Morgan fingerprint density at radius 2 is 1.98 bits per heavy atom.